The zero-order valence-electron chi connectivity index (χ0n) is 18.3. The van der Waals surface area contributed by atoms with Crippen molar-refractivity contribution in [3.63, 3.8) is 0 Å². The summed E-state index contributed by atoms with van der Waals surface area (Å²) in [5, 5.41) is 8.91. The maximum Gasteiger partial charge on any atom is 0.417 e. The number of imidazole rings is 1. The molecule has 2 heterocycles. The predicted molar refractivity (Wildman–Crippen MR) is 125 cm³/mol. The van der Waals surface area contributed by atoms with E-state index < -0.39 is 22.7 Å². The van der Waals surface area contributed by atoms with Crippen LogP contribution in [0.4, 0.5) is 24.7 Å². The van der Waals surface area contributed by atoms with Gasteiger partial charge in [0.1, 0.15) is 5.75 Å². The summed E-state index contributed by atoms with van der Waals surface area (Å²) < 4.78 is 46.5. The van der Waals surface area contributed by atoms with Gasteiger partial charge in [-0.3, -0.25) is 9.59 Å². The Labute approximate surface area is 207 Å². The number of halogens is 4. The summed E-state index contributed by atoms with van der Waals surface area (Å²) in [6, 6.07) is 12.6. The third kappa shape index (κ3) is 5.10. The Hall–Kier alpha value is -4.12. The summed E-state index contributed by atoms with van der Waals surface area (Å²) in [6.45, 7) is 0. The van der Waals surface area contributed by atoms with Crippen LogP contribution in [0.1, 0.15) is 28.8 Å². The summed E-state index contributed by atoms with van der Waals surface area (Å²) in [4.78, 5) is 28.8. The molecule has 0 radical (unpaired) electrons. The van der Waals surface area contributed by atoms with Gasteiger partial charge in [0.25, 0.3) is 5.91 Å². The van der Waals surface area contributed by atoms with Crippen molar-refractivity contribution in [2.75, 3.05) is 10.6 Å². The van der Waals surface area contributed by atoms with Crippen LogP contribution in [0.3, 0.4) is 0 Å². The fourth-order valence-corrected chi connectivity index (χ4v) is 3.75. The van der Waals surface area contributed by atoms with E-state index in [1.807, 2.05) is 0 Å². The van der Waals surface area contributed by atoms with Crippen molar-refractivity contribution in [2.24, 2.45) is 5.92 Å². The van der Waals surface area contributed by atoms with Crippen molar-refractivity contribution >= 4 is 40.6 Å². The van der Waals surface area contributed by atoms with Crippen LogP contribution >= 0.6 is 11.6 Å². The Morgan fingerprint density at radius 3 is 2.58 bits per heavy atom. The number of carbonyl (C=O) groups excluding carboxylic acids is 2. The molecule has 1 saturated carbocycles. The van der Waals surface area contributed by atoms with Crippen molar-refractivity contribution in [1.29, 1.82) is 0 Å². The number of anilines is 2. The molecule has 0 bridgehead atoms. The van der Waals surface area contributed by atoms with Gasteiger partial charge in [-0.25, -0.2) is 9.50 Å². The highest BCUT2D eigenvalue weighted by Crippen LogP contribution is 2.36. The molecule has 2 N–H and O–H groups in total. The van der Waals surface area contributed by atoms with E-state index in [0.29, 0.717) is 17.2 Å². The lowest BCUT2D eigenvalue weighted by Crippen LogP contribution is -2.15. The third-order valence-electron chi connectivity index (χ3n) is 5.36. The van der Waals surface area contributed by atoms with Crippen LogP contribution in [-0.4, -0.2) is 26.4 Å². The largest absolute Gasteiger partial charge is 0.438 e. The molecule has 1 aliphatic carbocycles. The topological polar surface area (TPSA) is 97.6 Å². The number of benzene rings is 2. The van der Waals surface area contributed by atoms with Gasteiger partial charge in [-0.1, -0.05) is 23.7 Å². The van der Waals surface area contributed by atoms with Gasteiger partial charge in [-0.15, -0.1) is 5.10 Å². The Bertz CT molecular complexity index is 1480. The molecule has 0 spiro atoms. The molecular weight excluding hydrogens is 499 g/mol. The normalized spacial score (nSPS) is 13.4. The number of ether oxygens (including phenoxy) is 1. The van der Waals surface area contributed by atoms with Crippen LogP contribution in [0.25, 0.3) is 5.65 Å². The Balaban J connectivity index is 1.30. The average molecular weight is 516 g/mol. The van der Waals surface area contributed by atoms with Gasteiger partial charge in [-0.2, -0.15) is 13.2 Å². The van der Waals surface area contributed by atoms with Crippen LogP contribution in [0.2, 0.25) is 5.02 Å². The van der Waals surface area contributed by atoms with E-state index in [2.05, 4.69) is 20.7 Å². The van der Waals surface area contributed by atoms with Crippen molar-refractivity contribution in [1.82, 2.24) is 14.6 Å². The number of hydrogen-bond acceptors (Lipinski definition) is 5. The second-order valence-electron chi connectivity index (χ2n) is 8.11. The summed E-state index contributed by atoms with van der Waals surface area (Å²) in [5.41, 5.74) is -0.619. The SMILES string of the molecule is O=C(Nc1cccc(Oc2ccc3nc(NC(=O)C4CC4)cn3n2)c1)c1cccc(C(F)(F)F)c1Cl. The fourth-order valence-electron chi connectivity index (χ4n) is 3.44. The molecule has 1 aliphatic rings. The summed E-state index contributed by atoms with van der Waals surface area (Å²) in [7, 11) is 0. The van der Waals surface area contributed by atoms with E-state index in [1.54, 1.807) is 36.5 Å². The highest BCUT2D eigenvalue weighted by molar-refractivity contribution is 6.35. The number of nitrogens with zero attached hydrogens (tertiary/aromatic N) is 3. The second kappa shape index (κ2) is 9.15. The van der Waals surface area contributed by atoms with Crippen molar-refractivity contribution in [3.05, 3.63) is 76.9 Å². The third-order valence-corrected chi connectivity index (χ3v) is 5.77. The van der Waals surface area contributed by atoms with E-state index in [4.69, 9.17) is 16.3 Å². The number of aromatic nitrogens is 3. The summed E-state index contributed by atoms with van der Waals surface area (Å²) >= 11 is 5.84. The molecule has 8 nitrogen and oxygen atoms in total. The van der Waals surface area contributed by atoms with E-state index in [9.17, 15) is 22.8 Å². The van der Waals surface area contributed by atoms with Crippen LogP contribution in [0.15, 0.2) is 60.8 Å². The molecule has 0 aliphatic heterocycles. The second-order valence-corrected chi connectivity index (χ2v) is 8.49. The average Bonchev–Trinajstić information content (AvgIpc) is 3.59. The van der Waals surface area contributed by atoms with Crippen molar-refractivity contribution < 1.29 is 27.5 Å². The van der Waals surface area contributed by atoms with Gasteiger partial charge >= 0.3 is 6.18 Å². The quantitative estimate of drug-likeness (QED) is 0.338. The van der Waals surface area contributed by atoms with E-state index >= 15 is 0 Å². The van der Waals surface area contributed by atoms with Gasteiger partial charge in [0.2, 0.25) is 11.8 Å². The van der Waals surface area contributed by atoms with Gasteiger partial charge in [-0.05, 0) is 43.2 Å². The van der Waals surface area contributed by atoms with E-state index in [-0.39, 0.29) is 29.0 Å². The maximum absolute atomic E-state index is 13.1. The first-order valence-electron chi connectivity index (χ1n) is 10.8. The molecule has 184 valence electrons. The number of fused-ring (bicyclic) bond motifs is 1. The van der Waals surface area contributed by atoms with Crippen LogP contribution in [0, 0.1) is 5.92 Å². The fraction of sp³-hybridized carbons (Fsp3) is 0.167. The minimum Gasteiger partial charge on any atom is -0.438 e. The number of nitrogens with one attached hydrogen (secondary N) is 2. The van der Waals surface area contributed by atoms with E-state index in [1.165, 1.54) is 16.6 Å². The zero-order chi connectivity index (χ0) is 25.4. The molecule has 5 rings (SSSR count). The molecule has 0 atom stereocenters. The molecule has 1 fully saturated rings. The number of hydrogen-bond donors (Lipinski definition) is 2. The standard InChI is InChI=1S/C24H17ClF3N5O3/c25-21-16(5-2-6-17(21)24(26,27)28)23(35)29-14-3-1-4-15(11-14)36-20-10-9-19-30-18(12-33(19)32-20)31-22(34)13-7-8-13/h1-6,9-13H,7-8H2,(H,29,35)(H,31,34). The molecule has 2 aromatic heterocycles. The predicted octanol–water partition coefficient (Wildman–Crippen LogP) is 5.79. The van der Waals surface area contributed by atoms with Crippen LogP contribution in [-0.2, 0) is 11.0 Å². The van der Waals surface area contributed by atoms with Gasteiger partial charge in [0, 0.05) is 23.7 Å². The molecule has 4 aromatic rings. The first-order chi connectivity index (χ1) is 17.2. The molecule has 0 saturated heterocycles. The molecule has 36 heavy (non-hydrogen) atoms. The lowest BCUT2D eigenvalue weighted by Gasteiger charge is -2.13. The Morgan fingerprint density at radius 1 is 1.06 bits per heavy atom. The zero-order valence-corrected chi connectivity index (χ0v) is 19.1. The Kier molecular flexibility index (Phi) is 6.00. The lowest BCUT2D eigenvalue weighted by atomic mass is 10.1. The number of rotatable bonds is 6. The van der Waals surface area contributed by atoms with Gasteiger partial charge in [0.05, 0.1) is 22.3 Å². The first kappa shape index (κ1) is 23.6. The maximum atomic E-state index is 13.1. The molecule has 2 amide bonds. The first-order valence-corrected chi connectivity index (χ1v) is 11.2. The highest BCUT2D eigenvalue weighted by Gasteiger charge is 2.34. The molecule has 2 aromatic carbocycles. The summed E-state index contributed by atoms with van der Waals surface area (Å²) in [6.07, 6.45) is -1.37. The van der Waals surface area contributed by atoms with Gasteiger partial charge < -0.3 is 15.4 Å². The monoisotopic (exact) mass is 515 g/mol. The van der Waals surface area contributed by atoms with Crippen LogP contribution < -0.4 is 15.4 Å². The van der Waals surface area contributed by atoms with Crippen molar-refractivity contribution in [2.45, 2.75) is 19.0 Å². The minimum absolute atomic E-state index is 0.0408. The van der Waals surface area contributed by atoms with E-state index in [0.717, 1.165) is 25.0 Å². The number of amides is 2. The smallest absolute Gasteiger partial charge is 0.417 e. The highest BCUT2D eigenvalue weighted by atomic mass is 35.5. The molecular formula is C24H17ClF3N5O3. The van der Waals surface area contributed by atoms with Crippen molar-refractivity contribution in [3.8, 4) is 11.6 Å². The summed E-state index contributed by atoms with van der Waals surface area (Å²) in [5.74, 6) is 0.0808. The molecule has 0 unspecified atom stereocenters. The Morgan fingerprint density at radius 2 is 1.83 bits per heavy atom. The number of carbonyl (C=O) groups is 2. The molecule has 12 heteroatoms. The van der Waals surface area contributed by atoms with Gasteiger partial charge in [0.15, 0.2) is 11.5 Å². The van der Waals surface area contributed by atoms with Crippen LogP contribution in [0.5, 0.6) is 11.6 Å². The lowest BCUT2D eigenvalue weighted by molar-refractivity contribution is -0.137. The minimum atomic E-state index is -4.69. The number of alkyl halides is 3.